The van der Waals surface area contributed by atoms with E-state index in [0.29, 0.717) is 47.4 Å². The van der Waals surface area contributed by atoms with E-state index in [1.807, 2.05) is 12.2 Å². The van der Waals surface area contributed by atoms with Crippen molar-refractivity contribution in [2.45, 2.75) is 38.0 Å². The third-order valence-corrected chi connectivity index (χ3v) is 6.66. The van der Waals surface area contributed by atoms with Gasteiger partial charge in [0.1, 0.15) is 0 Å². The van der Waals surface area contributed by atoms with E-state index < -0.39 is 0 Å². The predicted octanol–water partition coefficient (Wildman–Crippen LogP) is 4.07. The average molecular weight is 441 g/mol. The van der Waals surface area contributed by atoms with Crippen LogP contribution in [0.15, 0.2) is 95.0 Å². The van der Waals surface area contributed by atoms with E-state index in [1.54, 1.807) is 19.1 Å². The molecule has 2 bridgehead atoms. The molecule has 5 N–H and O–H groups in total. The number of hydrogen-bond donors (Lipinski definition) is 3. The number of Topliss-reactive ketones (excluding diaryl/α,β-unsaturated/α-hetero) is 1. The van der Waals surface area contributed by atoms with Gasteiger partial charge in [0.25, 0.3) is 0 Å². The zero-order valence-electron chi connectivity index (χ0n) is 19.2. The zero-order chi connectivity index (χ0) is 23.5. The lowest BCUT2D eigenvalue weighted by molar-refractivity contribution is -0.114. The summed E-state index contributed by atoms with van der Waals surface area (Å²) in [6, 6.07) is 6.77. The van der Waals surface area contributed by atoms with Gasteiger partial charge in [-0.2, -0.15) is 0 Å². The highest BCUT2D eigenvalue weighted by Gasteiger charge is 2.34. The number of allylic oxidation sites excluding steroid dienone is 8. The Balaban J connectivity index is 1.63. The van der Waals surface area contributed by atoms with Gasteiger partial charge in [-0.1, -0.05) is 43.5 Å². The van der Waals surface area contributed by atoms with Crippen LogP contribution in [0.3, 0.4) is 0 Å². The van der Waals surface area contributed by atoms with Crippen molar-refractivity contribution in [1.82, 2.24) is 5.32 Å². The molecule has 0 saturated carbocycles. The molecule has 1 aromatic rings. The van der Waals surface area contributed by atoms with E-state index in [2.05, 4.69) is 41.7 Å². The van der Waals surface area contributed by atoms with Crippen LogP contribution in [0.5, 0.6) is 0 Å². The Bertz CT molecular complexity index is 1160. The van der Waals surface area contributed by atoms with Gasteiger partial charge in [0, 0.05) is 31.3 Å². The van der Waals surface area contributed by atoms with Crippen LogP contribution < -0.4 is 16.8 Å². The average Bonchev–Trinajstić information content (AvgIpc) is 3.05. The minimum atomic E-state index is 0.0536. The van der Waals surface area contributed by atoms with Crippen molar-refractivity contribution in [2.24, 2.45) is 16.5 Å². The van der Waals surface area contributed by atoms with Crippen molar-refractivity contribution in [3.63, 3.8) is 0 Å². The summed E-state index contributed by atoms with van der Waals surface area (Å²) in [6.07, 6.45) is 10.8. The van der Waals surface area contributed by atoms with Crippen molar-refractivity contribution >= 4 is 11.5 Å². The smallest absolute Gasteiger partial charge is 0.167 e. The highest BCUT2D eigenvalue weighted by atomic mass is 16.1. The Labute approximate surface area is 196 Å². The number of nitrogens with zero attached hydrogens (tertiary/aromatic N) is 1. The lowest BCUT2D eigenvalue weighted by atomic mass is 9.87. The van der Waals surface area contributed by atoms with Crippen LogP contribution >= 0.6 is 0 Å². The molecule has 2 aliphatic carbocycles. The van der Waals surface area contributed by atoms with Gasteiger partial charge in [0.2, 0.25) is 0 Å². The van der Waals surface area contributed by atoms with E-state index in [4.69, 9.17) is 11.5 Å². The molecule has 4 rings (SSSR count). The molecule has 2 atom stereocenters. The minimum Gasteiger partial charge on any atom is -0.403 e. The third-order valence-electron chi connectivity index (χ3n) is 6.66. The number of benzene rings is 1. The van der Waals surface area contributed by atoms with Gasteiger partial charge in [0.15, 0.2) is 5.78 Å². The second-order valence-electron chi connectivity index (χ2n) is 9.00. The molecule has 1 aromatic carbocycles. The Kier molecular flexibility index (Phi) is 6.61. The molecule has 1 aliphatic heterocycles. The maximum Gasteiger partial charge on any atom is 0.167 e. The van der Waals surface area contributed by atoms with Crippen LogP contribution in [-0.2, 0) is 11.2 Å². The van der Waals surface area contributed by atoms with E-state index >= 15 is 0 Å². The fourth-order valence-corrected chi connectivity index (χ4v) is 5.07. The fraction of sp³-hybridized carbons (Fsp3) is 0.286. The summed E-state index contributed by atoms with van der Waals surface area (Å²) in [4.78, 5) is 17.3. The van der Waals surface area contributed by atoms with Gasteiger partial charge < -0.3 is 16.8 Å². The minimum absolute atomic E-state index is 0.0536. The summed E-state index contributed by atoms with van der Waals surface area (Å²) >= 11 is 0. The van der Waals surface area contributed by atoms with Gasteiger partial charge in [-0.25, -0.2) is 0 Å². The summed E-state index contributed by atoms with van der Waals surface area (Å²) in [6.45, 7) is 12.0. The fourth-order valence-electron chi connectivity index (χ4n) is 5.07. The first-order valence-electron chi connectivity index (χ1n) is 11.4. The van der Waals surface area contributed by atoms with E-state index in [0.717, 1.165) is 24.2 Å². The van der Waals surface area contributed by atoms with Gasteiger partial charge >= 0.3 is 0 Å². The van der Waals surface area contributed by atoms with E-state index in [9.17, 15) is 4.79 Å². The summed E-state index contributed by atoms with van der Waals surface area (Å²) in [5, 5.41) is 3.54. The number of ketones is 1. The molecule has 3 aliphatic rings. The lowest BCUT2D eigenvalue weighted by Gasteiger charge is -2.19. The topological polar surface area (TPSA) is 93.5 Å². The molecule has 1 saturated heterocycles. The number of carbonyl (C=O) groups excluding carboxylic acids is 1. The Morgan fingerprint density at radius 1 is 1.27 bits per heavy atom. The first-order chi connectivity index (χ1) is 15.9. The molecule has 2 unspecified atom stereocenters. The van der Waals surface area contributed by atoms with Gasteiger partial charge in [-0.15, -0.1) is 0 Å². The Morgan fingerprint density at radius 2 is 2.03 bits per heavy atom. The highest BCUT2D eigenvalue weighted by Crippen LogP contribution is 2.44. The second-order valence-corrected chi connectivity index (χ2v) is 9.00. The molecule has 5 nitrogen and oxygen atoms in total. The molecular formula is C28H32N4O. The Hall–Kier alpha value is -3.44. The molecule has 0 radical (unpaired) electrons. The maximum absolute atomic E-state index is 12.9. The molecule has 0 spiro atoms. The number of rotatable bonds is 7. The number of fused-ring (bicyclic) bond motifs is 5. The zero-order valence-corrected chi connectivity index (χ0v) is 19.2. The number of piperidine rings is 1. The largest absolute Gasteiger partial charge is 0.403 e. The lowest BCUT2D eigenvalue weighted by Crippen LogP contribution is -2.28. The summed E-state index contributed by atoms with van der Waals surface area (Å²) in [5.74, 6) is 1.27. The number of nitrogens with two attached hydrogens (primary N) is 2. The number of aliphatic imine (C=N–C) groups is 1. The first-order valence-corrected chi connectivity index (χ1v) is 11.4. The number of hydrogen-bond acceptors (Lipinski definition) is 5. The summed E-state index contributed by atoms with van der Waals surface area (Å²) < 4.78 is 0. The maximum atomic E-state index is 12.9. The molecular weight excluding hydrogens is 408 g/mol. The van der Waals surface area contributed by atoms with Gasteiger partial charge in [-0.3, -0.25) is 9.79 Å². The first kappa shape index (κ1) is 22.7. The van der Waals surface area contributed by atoms with E-state index in [1.165, 1.54) is 29.3 Å². The molecule has 5 heteroatoms. The SMILES string of the molecule is C=CC(=N\C(C)=C/N)/C(N)=C/C1=C(C(=C)Cc2ccc3c(c2)C2CNCC3C2)C(=O)CC=C1. The Morgan fingerprint density at radius 3 is 2.76 bits per heavy atom. The quantitative estimate of drug-likeness (QED) is 0.557. The number of carbonyl (C=O) groups is 1. The monoisotopic (exact) mass is 440 g/mol. The normalized spacial score (nSPS) is 23.1. The van der Waals surface area contributed by atoms with Crippen molar-refractivity contribution < 1.29 is 4.79 Å². The second kappa shape index (κ2) is 9.59. The summed E-state index contributed by atoms with van der Waals surface area (Å²) in [5.41, 5.74) is 19.7. The van der Waals surface area contributed by atoms with Gasteiger partial charge in [-0.05, 0) is 71.6 Å². The molecule has 1 fully saturated rings. The van der Waals surface area contributed by atoms with E-state index in [-0.39, 0.29) is 5.78 Å². The van der Waals surface area contributed by atoms with Crippen molar-refractivity contribution in [3.05, 3.63) is 107 Å². The van der Waals surface area contributed by atoms with Crippen molar-refractivity contribution in [2.75, 3.05) is 13.1 Å². The van der Waals surface area contributed by atoms with Crippen LogP contribution in [0, 0.1) is 0 Å². The number of nitrogens with one attached hydrogen (secondary N) is 1. The van der Waals surface area contributed by atoms with Crippen LogP contribution in [0.1, 0.15) is 48.3 Å². The van der Waals surface area contributed by atoms with Crippen molar-refractivity contribution in [3.8, 4) is 0 Å². The molecule has 1 heterocycles. The molecule has 33 heavy (non-hydrogen) atoms. The van der Waals surface area contributed by atoms with Crippen LogP contribution in [0.2, 0.25) is 0 Å². The van der Waals surface area contributed by atoms with Crippen molar-refractivity contribution in [1.29, 1.82) is 0 Å². The highest BCUT2D eigenvalue weighted by molar-refractivity contribution is 6.09. The third kappa shape index (κ3) is 4.69. The molecule has 0 amide bonds. The van der Waals surface area contributed by atoms with Gasteiger partial charge in [0.05, 0.1) is 17.1 Å². The molecule has 170 valence electrons. The van der Waals surface area contributed by atoms with Crippen LogP contribution in [0.4, 0.5) is 0 Å². The van der Waals surface area contributed by atoms with Crippen LogP contribution in [0.25, 0.3) is 0 Å². The predicted molar refractivity (Wildman–Crippen MR) is 136 cm³/mol. The summed E-state index contributed by atoms with van der Waals surface area (Å²) in [7, 11) is 0. The standard InChI is InChI=1S/C28H32N4O/c1-4-26(32-18(3)14-29)25(30)13-20-6-5-7-27(33)28(20)17(2)10-19-8-9-23-21-12-22(16-31-15-21)24(23)11-19/h4-6,8-9,11,13-14,21-22,31H,1-2,7,10,12,15-16,29-30H2,3H3/b18-14-,25-13-,32-26+. The molecule has 0 aromatic heterocycles. The van der Waals surface area contributed by atoms with Crippen LogP contribution in [-0.4, -0.2) is 24.6 Å².